The van der Waals surface area contributed by atoms with Crippen molar-refractivity contribution >= 4 is 40.9 Å². The molecule has 0 radical (unpaired) electrons. The average Bonchev–Trinajstić information content (AvgIpc) is 3.73. The normalized spacial score (nSPS) is 19.9. The van der Waals surface area contributed by atoms with E-state index in [1.165, 1.54) is 10.5 Å². The zero-order valence-electron chi connectivity index (χ0n) is 21.9. The minimum Gasteiger partial charge on any atom is -0.492 e. The maximum atomic E-state index is 12.8. The fourth-order valence-corrected chi connectivity index (χ4v) is 4.29. The largest absolute Gasteiger partial charge is 0.492 e. The number of likely N-dealkylation sites (N-methyl/N-ethyl adjacent to an activating group) is 1. The molecule has 38 heavy (non-hydrogen) atoms. The van der Waals surface area contributed by atoms with Crippen LogP contribution in [0.5, 0.6) is 5.75 Å². The third-order valence-electron chi connectivity index (χ3n) is 6.27. The topological polar surface area (TPSA) is 99.8 Å². The van der Waals surface area contributed by atoms with Crippen molar-refractivity contribution in [2.45, 2.75) is 38.6 Å². The highest BCUT2D eigenvalue weighted by Crippen LogP contribution is 2.33. The van der Waals surface area contributed by atoms with Crippen LogP contribution in [0.15, 0.2) is 42.5 Å². The van der Waals surface area contributed by atoms with Crippen molar-refractivity contribution in [3.8, 4) is 5.75 Å². The molecule has 1 unspecified atom stereocenters. The lowest BCUT2D eigenvalue weighted by Crippen LogP contribution is -2.50. The number of aryl methyl sites for hydroxylation is 2. The molecule has 1 atom stereocenters. The average molecular weight is 564 g/mol. The van der Waals surface area contributed by atoms with Crippen molar-refractivity contribution < 1.29 is 19.1 Å². The molecule has 206 valence electrons. The number of carbonyl (C=O) groups excluding carboxylic acids is 3. The molecule has 3 amide bonds. The molecular weight excluding hydrogens is 527 g/mol. The molecule has 1 aliphatic carbocycles. The molecule has 4 rings (SSSR count). The molecule has 0 bridgehead atoms. The Kier molecular flexibility index (Phi) is 11.7. The van der Waals surface area contributed by atoms with Gasteiger partial charge in [-0.25, -0.2) is 0 Å². The van der Waals surface area contributed by atoms with Gasteiger partial charge >= 0.3 is 0 Å². The van der Waals surface area contributed by atoms with Gasteiger partial charge in [-0.2, -0.15) is 0 Å². The van der Waals surface area contributed by atoms with Crippen LogP contribution in [0.2, 0.25) is 10.0 Å². The van der Waals surface area contributed by atoms with Gasteiger partial charge in [0, 0.05) is 30.2 Å². The first kappa shape index (κ1) is 29.7. The fourth-order valence-electron chi connectivity index (χ4n) is 4.00. The van der Waals surface area contributed by atoms with Crippen molar-refractivity contribution in [3.05, 3.63) is 63.6 Å². The van der Waals surface area contributed by atoms with Crippen molar-refractivity contribution in [1.29, 1.82) is 0 Å². The number of ether oxygens (including phenoxy) is 1. The number of nitrogens with zero attached hydrogens (tertiary/aromatic N) is 1. The Bertz CT molecular complexity index is 1070. The molecule has 1 aliphatic heterocycles. The van der Waals surface area contributed by atoms with Crippen LogP contribution in [0.25, 0.3) is 0 Å². The van der Waals surface area contributed by atoms with E-state index in [2.05, 4.69) is 16.0 Å². The predicted octanol–water partition coefficient (Wildman–Crippen LogP) is 3.37. The van der Waals surface area contributed by atoms with E-state index in [-0.39, 0.29) is 42.8 Å². The Morgan fingerprint density at radius 2 is 1.63 bits per heavy atom. The highest BCUT2D eigenvalue weighted by Gasteiger charge is 2.37. The van der Waals surface area contributed by atoms with Crippen molar-refractivity contribution in [3.63, 3.8) is 0 Å². The highest BCUT2D eigenvalue weighted by molar-refractivity contribution is 6.30. The predicted molar refractivity (Wildman–Crippen MR) is 150 cm³/mol. The molecule has 2 aromatic carbocycles. The van der Waals surface area contributed by atoms with Gasteiger partial charge in [0.15, 0.2) is 0 Å². The minimum absolute atomic E-state index is 0.0839. The summed E-state index contributed by atoms with van der Waals surface area (Å²) in [7, 11) is 1.60. The smallest absolute Gasteiger partial charge is 0.240 e. The van der Waals surface area contributed by atoms with Gasteiger partial charge in [-0.15, -0.1) is 0 Å². The third-order valence-corrected chi connectivity index (χ3v) is 6.76. The van der Waals surface area contributed by atoms with Gasteiger partial charge in [0.2, 0.25) is 17.7 Å². The van der Waals surface area contributed by atoms with Crippen molar-refractivity contribution in [1.82, 2.24) is 20.9 Å². The van der Waals surface area contributed by atoms with Crippen LogP contribution in [0.3, 0.4) is 0 Å². The number of carbonyl (C=O) groups is 3. The van der Waals surface area contributed by atoms with E-state index in [1.54, 1.807) is 13.1 Å². The van der Waals surface area contributed by atoms with E-state index in [0.29, 0.717) is 24.7 Å². The zero-order chi connectivity index (χ0) is 27.5. The summed E-state index contributed by atoms with van der Waals surface area (Å²) >= 11 is 11.7. The number of amides is 3. The fraction of sp³-hybridized carbons (Fsp3) is 0.464. The lowest BCUT2D eigenvalue weighted by atomic mass is 10.1. The first-order valence-corrected chi connectivity index (χ1v) is 13.6. The zero-order valence-corrected chi connectivity index (χ0v) is 23.4. The quantitative estimate of drug-likeness (QED) is 0.494. The van der Waals surface area contributed by atoms with Crippen molar-refractivity contribution in [2.75, 3.05) is 39.8 Å². The summed E-state index contributed by atoms with van der Waals surface area (Å²) in [6.45, 7) is 3.23. The van der Waals surface area contributed by atoms with E-state index < -0.39 is 0 Å². The van der Waals surface area contributed by atoms with Gasteiger partial charge in [-0.3, -0.25) is 14.4 Å². The molecule has 1 heterocycles. The van der Waals surface area contributed by atoms with Gasteiger partial charge in [0.05, 0.1) is 19.1 Å². The summed E-state index contributed by atoms with van der Waals surface area (Å²) in [5, 5.41) is 10.0. The second-order valence-corrected chi connectivity index (χ2v) is 10.5. The van der Waals surface area contributed by atoms with E-state index in [1.807, 2.05) is 43.3 Å². The summed E-state index contributed by atoms with van der Waals surface area (Å²) in [5.41, 5.74) is 2.26. The van der Waals surface area contributed by atoms with E-state index in [4.69, 9.17) is 27.9 Å². The Balaban J connectivity index is 0.000000427. The number of benzene rings is 2. The number of fused-ring (bicyclic) bond motifs is 1. The maximum absolute atomic E-state index is 12.8. The monoisotopic (exact) mass is 562 g/mol. The Hall–Kier alpha value is -2.81. The second-order valence-electron chi connectivity index (χ2n) is 9.59. The van der Waals surface area contributed by atoms with Crippen LogP contribution in [0.1, 0.15) is 30.4 Å². The summed E-state index contributed by atoms with van der Waals surface area (Å²) in [6.07, 6.45) is 3.43. The highest BCUT2D eigenvalue weighted by atomic mass is 35.5. The Labute approximate surface area is 234 Å². The molecule has 1 saturated carbocycles. The molecule has 0 aromatic heterocycles. The molecule has 0 saturated heterocycles. The van der Waals surface area contributed by atoms with E-state index in [9.17, 15) is 14.4 Å². The minimum atomic E-state index is -0.356. The number of hydrogen-bond acceptors (Lipinski definition) is 5. The van der Waals surface area contributed by atoms with Gasteiger partial charge in [-0.1, -0.05) is 47.0 Å². The Morgan fingerprint density at radius 3 is 2.32 bits per heavy atom. The first-order valence-electron chi connectivity index (χ1n) is 12.9. The van der Waals surface area contributed by atoms with Crippen LogP contribution < -0.4 is 20.7 Å². The van der Waals surface area contributed by atoms with Crippen molar-refractivity contribution in [2.24, 2.45) is 5.92 Å². The molecule has 2 aromatic rings. The second kappa shape index (κ2) is 15.0. The van der Waals surface area contributed by atoms with Gasteiger partial charge < -0.3 is 25.6 Å². The standard InChI is InChI=1S/C21H29ClN4O4.C7H7Cl/c1-26-13-19(28)25-12-18(27)23-8-2-3-14-6-7-16(22)11-17(14)30-10-9-24-20(21(26)29)15-4-5-15;1-6-2-4-7(8)5-3-6/h6-7,11,15,20,24H,2-5,8-10,12-13H2,1H3,(H,23,27)(H,25,28);2-5H,1H3. The number of halogens is 2. The molecular formula is C28H36Cl2N4O4. The van der Waals surface area contributed by atoms with Crippen LogP contribution in [0, 0.1) is 12.8 Å². The van der Waals surface area contributed by atoms with Crippen LogP contribution >= 0.6 is 23.2 Å². The van der Waals surface area contributed by atoms with Crippen LogP contribution in [-0.4, -0.2) is 68.5 Å². The molecule has 8 nitrogen and oxygen atoms in total. The summed E-state index contributed by atoms with van der Waals surface area (Å²) in [6, 6.07) is 12.9. The summed E-state index contributed by atoms with van der Waals surface area (Å²) in [4.78, 5) is 38.3. The SMILES string of the molecule is CN1CC(=O)NCC(=O)NCCCc2ccc(Cl)cc2OCCNC(C2CC2)C1=O.Cc1ccc(Cl)cc1. The van der Waals surface area contributed by atoms with Gasteiger partial charge in [0.1, 0.15) is 12.4 Å². The first-order chi connectivity index (χ1) is 18.2. The maximum Gasteiger partial charge on any atom is 0.240 e. The molecule has 2 aliphatic rings. The molecule has 3 N–H and O–H groups in total. The lowest BCUT2D eigenvalue weighted by molar-refractivity contribution is -0.137. The molecule has 10 heteroatoms. The molecule has 0 spiro atoms. The van der Waals surface area contributed by atoms with Gasteiger partial charge in [-0.05, 0) is 68.4 Å². The van der Waals surface area contributed by atoms with E-state index in [0.717, 1.165) is 42.0 Å². The van der Waals surface area contributed by atoms with Crippen LogP contribution in [0.4, 0.5) is 0 Å². The Morgan fingerprint density at radius 1 is 0.921 bits per heavy atom. The summed E-state index contributed by atoms with van der Waals surface area (Å²) in [5.74, 6) is 0.257. The van der Waals surface area contributed by atoms with E-state index >= 15 is 0 Å². The number of nitrogens with one attached hydrogen (secondary N) is 3. The van der Waals surface area contributed by atoms with Crippen LogP contribution in [-0.2, 0) is 20.8 Å². The lowest BCUT2D eigenvalue weighted by Gasteiger charge is -2.24. The van der Waals surface area contributed by atoms with Gasteiger partial charge in [0.25, 0.3) is 0 Å². The number of rotatable bonds is 1. The number of hydrogen-bond donors (Lipinski definition) is 3. The summed E-state index contributed by atoms with van der Waals surface area (Å²) < 4.78 is 5.94. The molecule has 1 fully saturated rings. The third kappa shape index (κ3) is 10.2.